The minimum absolute atomic E-state index is 0.265. The first-order valence-corrected chi connectivity index (χ1v) is 9.03. The molecule has 3 aromatic rings. The fourth-order valence-corrected chi connectivity index (χ4v) is 2.72. The Hall–Kier alpha value is -2.12. The Kier molecular flexibility index (Phi) is 8.92. The fraction of sp³-hybridized carbons (Fsp3) is 0.400. The van der Waals surface area contributed by atoms with Gasteiger partial charge in [-0.2, -0.15) is 5.48 Å². The van der Waals surface area contributed by atoms with Gasteiger partial charge in [0.2, 0.25) is 0 Å². The molecule has 1 unspecified atom stereocenters. The molecule has 0 aliphatic heterocycles. The molecule has 3 rings (SSSR count). The molecule has 4 N–H and O–H groups in total. The van der Waals surface area contributed by atoms with Crippen molar-refractivity contribution in [1.82, 2.24) is 15.4 Å². The fourth-order valence-electron chi connectivity index (χ4n) is 2.72. The number of pyridine rings is 2. The first kappa shape index (κ1) is 20.2. The number of benzene rings is 1. The Balaban J connectivity index is 0.000000191. The van der Waals surface area contributed by atoms with Gasteiger partial charge in [0.15, 0.2) is 0 Å². The van der Waals surface area contributed by atoms with Gasteiger partial charge in [-0.3, -0.25) is 9.97 Å². The molecule has 0 radical (unpaired) electrons. The molecule has 2 aromatic heterocycles. The number of aliphatic hydroxyl groups is 2. The Bertz CT molecular complexity index is 727. The Morgan fingerprint density at radius 2 is 1.35 bits per heavy atom. The largest absolute Gasteiger partial charge is 0.396 e. The molecule has 1 atom stereocenters. The van der Waals surface area contributed by atoms with E-state index < -0.39 is 6.23 Å². The van der Waals surface area contributed by atoms with E-state index in [9.17, 15) is 0 Å². The Morgan fingerprint density at radius 3 is 1.88 bits per heavy atom. The van der Waals surface area contributed by atoms with Gasteiger partial charge in [0.25, 0.3) is 0 Å². The van der Waals surface area contributed by atoms with Crippen molar-refractivity contribution < 1.29 is 15.4 Å². The number of fused-ring (bicyclic) bond motifs is 3. The summed E-state index contributed by atoms with van der Waals surface area (Å²) in [5, 5.41) is 27.8. The SMILES string of the molecule is OCCCCCCCC(O)NO.c1cnc2c(c1)ccc1cccnc12. The lowest BCUT2D eigenvalue weighted by Crippen LogP contribution is -2.24. The van der Waals surface area contributed by atoms with E-state index in [0.717, 1.165) is 53.9 Å². The van der Waals surface area contributed by atoms with Crippen LogP contribution in [0.15, 0.2) is 48.8 Å². The molecule has 6 heteroatoms. The summed E-state index contributed by atoms with van der Waals surface area (Å²) in [7, 11) is 0. The van der Waals surface area contributed by atoms with E-state index >= 15 is 0 Å². The Labute approximate surface area is 153 Å². The van der Waals surface area contributed by atoms with Crippen LogP contribution >= 0.6 is 0 Å². The number of nitrogens with zero attached hydrogens (tertiary/aromatic N) is 2. The van der Waals surface area contributed by atoms with E-state index in [0.29, 0.717) is 6.42 Å². The average Bonchev–Trinajstić information content (AvgIpc) is 2.71. The number of rotatable bonds is 8. The van der Waals surface area contributed by atoms with Gasteiger partial charge < -0.3 is 15.4 Å². The minimum atomic E-state index is -0.789. The lowest BCUT2D eigenvalue weighted by molar-refractivity contribution is -0.00394. The normalized spacial score (nSPS) is 12.0. The van der Waals surface area contributed by atoms with E-state index in [1.54, 1.807) is 17.9 Å². The van der Waals surface area contributed by atoms with E-state index in [1.807, 2.05) is 12.1 Å². The quantitative estimate of drug-likeness (QED) is 0.213. The van der Waals surface area contributed by atoms with Gasteiger partial charge in [0, 0.05) is 29.8 Å². The molecule has 140 valence electrons. The number of unbranched alkanes of at least 4 members (excludes halogenated alkanes) is 4. The van der Waals surface area contributed by atoms with Crippen LogP contribution in [0.5, 0.6) is 0 Å². The highest BCUT2D eigenvalue weighted by molar-refractivity contribution is 6.02. The maximum atomic E-state index is 8.86. The predicted octanol–water partition coefficient (Wildman–Crippen LogP) is 3.40. The van der Waals surface area contributed by atoms with Gasteiger partial charge in [-0.25, -0.2) is 0 Å². The molecule has 26 heavy (non-hydrogen) atoms. The molecule has 6 nitrogen and oxygen atoms in total. The van der Waals surface area contributed by atoms with Gasteiger partial charge in [-0.1, -0.05) is 43.5 Å². The number of aromatic nitrogens is 2. The average molecular weight is 357 g/mol. The monoisotopic (exact) mass is 357 g/mol. The topological polar surface area (TPSA) is 98.5 Å². The van der Waals surface area contributed by atoms with E-state index in [1.165, 1.54) is 0 Å². The lowest BCUT2D eigenvalue weighted by Gasteiger charge is -2.06. The van der Waals surface area contributed by atoms with Crippen LogP contribution in [0.4, 0.5) is 0 Å². The summed E-state index contributed by atoms with van der Waals surface area (Å²) in [5.41, 5.74) is 3.74. The molecule has 0 aliphatic carbocycles. The van der Waals surface area contributed by atoms with Crippen LogP contribution in [0.25, 0.3) is 21.8 Å². The Morgan fingerprint density at radius 1 is 0.808 bits per heavy atom. The van der Waals surface area contributed by atoms with Gasteiger partial charge in [-0.15, -0.1) is 0 Å². The third kappa shape index (κ3) is 6.31. The van der Waals surface area contributed by atoms with E-state index in [4.69, 9.17) is 15.4 Å². The van der Waals surface area contributed by atoms with Crippen LogP contribution in [-0.2, 0) is 0 Å². The lowest BCUT2D eigenvalue weighted by atomic mass is 10.1. The van der Waals surface area contributed by atoms with Crippen molar-refractivity contribution in [2.75, 3.05) is 6.61 Å². The summed E-state index contributed by atoms with van der Waals surface area (Å²) >= 11 is 0. The van der Waals surface area contributed by atoms with Crippen LogP contribution in [0.2, 0.25) is 0 Å². The van der Waals surface area contributed by atoms with Crippen LogP contribution in [-0.4, -0.2) is 38.2 Å². The second-order valence-corrected chi connectivity index (χ2v) is 6.14. The van der Waals surface area contributed by atoms with Crippen LogP contribution < -0.4 is 5.48 Å². The van der Waals surface area contributed by atoms with Crippen molar-refractivity contribution in [2.24, 2.45) is 0 Å². The highest BCUT2D eigenvalue weighted by Crippen LogP contribution is 2.20. The molecule has 0 aliphatic rings. The number of aliphatic hydroxyl groups excluding tert-OH is 2. The molecule has 0 saturated heterocycles. The summed E-state index contributed by atoms with van der Waals surface area (Å²) in [6.45, 7) is 0.265. The molecule has 2 heterocycles. The van der Waals surface area contributed by atoms with Crippen LogP contribution in [0.1, 0.15) is 38.5 Å². The zero-order chi connectivity index (χ0) is 18.6. The highest BCUT2D eigenvalue weighted by Gasteiger charge is 2.00. The number of hydroxylamine groups is 1. The third-order valence-electron chi connectivity index (χ3n) is 4.13. The summed E-state index contributed by atoms with van der Waals surface area (Å²) in [6, 6.07) is 12.1. The maximum Gasteiger partial charge on any atom is 0.126 e. The smallest absolute Gasteiger partial charge is 0.126 e. The molecule has 1 aromatic carbocycles. The number of hydrogen-bond acceptors (Lipinski definition) is 6. The van der Waals surface area contributed by atoms with Crippen molar-refractivity contribution in [3.63, 3.8) is 0 Å². The van der Waals surface area contributed by atoms with Gasteiger partial charge in [0.05, 0.1) is 11.0 Å². The summed E-state index contributed by atoms with van der Waals surface area (Å²) < 4.78 is 0. The van der Waals surface area contributed by atoms with Crippen molar-refractivity contribution >= 4 is 21.8 Å². The molecule has 0 spiro atoms. The molecule has 0 fully saturated rings. The van der Waals surface area contributed by atoms with Gasteiger partial charge >= 0.3 is 0 Å². The third-order valence-corrected chi connectivity index (χ3v) is 4.13. The molecular formula is C20H27N3O3. The maximum absolute atomic E-state index is 8.86. The first-order valence-electron chi connectivity index (χ1n) is 9.03. The zero-order valence-electron chi connectivity index (χ0n) is 14.9. The molecule has 0 saturated carbocycles. The van der Waals surface area contributed by atoms with Crippen molar-refractivity contribution in [3.05, 3.63) is 48.8 Å². The number of nitrogens with one attached hydrogen (secondary N) is 1. The van der Waals surface area contributed by atoms with Crippen LogP contribution in [0.3, 0.4) is 0 Å². The molecule has 0 amide bonds. The summed E-state index contributed by atoms with van der Waals surface area (Å²) in [4.78, 5) is 8.69. The van der Waals surface area contributed by atoms with Crippen molar-refractivity contribution in [1.29, 1.82) is 0 Å². The highest BCUT2D eigenvalue weighted by atomic mass is 16.5. The van der Waals surface area contributed by atoms with E-state index in [2.05, 4.69) is 34.2 Å². The van der Waals surface area contributed by atoms with Gasteiger partial charge in [-0.05, 0) is 31.4 Å². The summed E-state index contributed by atoms with van der Waals surface area (Å²) in [6.07, 6.45) is 8.32. The minimum Gasteiger partial charge on any atom is -0.396 e. The zero-order valence-corrected chi connectivity index (χ0v) is 14.9. The molecule has 0 bridgehead atoms. The van der Waals surface area contributed by atoms with Crippen molar-refractivity contribution in [3.8, 4) is 0 Å². The van der Waals surface area contributed by atoms with Gasteiger partial charge in [0.1, 0.15) is 6.23 Å². The standard InChI is InChI=1S/C12H8N2.C8H19NO3/c1-3-9-5-6-10-4-2-8-14-12(10)11(9)13-7-1;10-7-5-3-1-2-4-6-8(11)9-12/h1-8H;8-12H,1-7H2. The number of hydrogen-bond donors (Lipinski definition) is 4. The van der Waals surface area contributed by atoms with E-state index in [-0.39, 0.29) is 6.61 Å². The summed E-state index contributed by atoms with van der Waals surface area (Å²) in [5.74, 6) is 0. The van der Waals surface area contributed by atoms with Crippen molar-refractivity contribution in [2.45, 2.75) is 44.8 Å². The first-order chi connectivity index (χ1) is 12.8. The molecular weight excluding hydrogens is 330 g/mol. The predicted molar refractivity (Wildman–Crippen MR) is 103 cm³/mol. The second kappa shape index (κ2) is 11.5. The second-order valence-electron chi connectivity index (χ2n) is 6.14. The van der Waals surface area contributed by atoms with Crippen LogP contribution in [0, 0.1) is 0 Å².